The number of carbonyl (C=O) groups excluding carboxylic acids is 1. The van der Waals surface area contributed by atoms with Gasteiger partial charge in [0, 0.05) is 12.1 Å². The number of amides is 1. The highest BCUT2D eigenvalue weighted by Crippen LogP contribution is 2.36. The molecule has 1 aromatic carbocycles. The van der Waals surface area contributed by atoms with Crippen molar-refractivity contribution >= 4 is 23.2 Å². The van der Waals surface area contributed by atoms with Gasteiger partial charge in [-0.05, 0) is 18.9 Å². The van der Waals surface area contributed by atoms with Gasteiger partial charge in [0.25, 0.3) is 0 Å². The number of phenols is 1. The summed E-state index contributed by atoms with van der Waals surface area (Å²) >= 11 is 5.64. The number of hydrazine groups is 1. The molecule has 1 aliphatic carbocycles. The summed E-state index contributed by atoms with van der Waals surface area (Å²) in [5.41, 5.74) is 3.07. The summed E-state index contributed by atoms with van der Waals surface area (Å²) in [7, 11) is 0. The Balaban J connectivity index is 1.95. The van der Waals surface area contributed by atoms with Gasteiger partial charge in [0.2, 0.25) is 5.91 Å². The molecule has 1 aromatic rings. The smallest absolute Gasteiger partial charge is 0.246 e. The molecule has 2 fully saturated rings. The molecule has 3 rings (SSSR count). The lowest BCUT2D eigenvalue weighted by atomic mass is 9.86. The van der Waals surface area contributed by atoms with Crippen molar-refractivity contribution in [3.8, 4) is 5.75 Å². The quantitative estimate of drug-likeness (QED) is 0.833. The topological polar surface area (TPSA) is 52.6 Å². The first-order valence-corrected chi connectivity index (χ1v) is 6.74. The largest absolute Gasteiger partial charge is 0.506 e. The number of anilines is 1. The minimum Gasteiger partial charge on any atom is -0.506 e. The molecule has 6 heteroatoms. The number of fused-ring (bicyclic) bond motifs is 1. The van der Waals surface area contributed by atoms with E-state index in [9.17, 15) is 14.3 Å². The van der Waals surface area contributed by atoms with Crippen molar-refractivity contribution in [1.29, 1.82) is 0 Å². The van der Waals surface area contributed by atoms with Crippen LogP contribution < -0.4 is 10.4 Å². The van der Waals surface area contributed by atoms with Gasteiger partial charge in [-0.15, -0.1) is 0 Å². The van der Waals surface area contributed by atoms with Crippen molar-refractivity contribution in [2.75, 3.05) is 5.01 Å². The number of rotatable bonds is 1. The molecule has 0 spiro atoms. The molecular weight excluding hydrogens is 271 g/mol. The second-order valence-corrected chi connectivity index (χ2v) is 5.46. The molecule has 19 heavy (non-hydrogen) atoms. The third-order valence-electron chi connectivity index (χ3n) is 3.86. The number of hydrogen-bond acceptors (Lipinski definition) is 3. The van der Waals surface area contributed by atoms with Crippen LogP contribution in [-0.4, -0.2) is 17.1 Å². The minimum atomic E-state index is -0.623. The van der Waals surface area contributed by atoms with E-state index in [4.69, 9.17) is 11.6 Å². The molecule has 1 saturated heterocycles. The van der Waals surface area contributed by atoms with Crippen LogP contribution in [-0.2, 0) is 4.79 Å². The van der Waals surface area contributed by atoms with E-state index in [1.807, 2.05) is 0 Å². The van der Waals surface area contributed by atoms with Crippen LogP contribution in [0.1, 0.15) is 25.7 Å². The van der Waals surface area contributed by atoms with Gasteiger partial charge in [-0.25, -0.2) is 14.8 Å². The lowest BCUT2D eigenvalue weighted by Crippen LogP contribution is -2.38. The van der Waals surface area contributed by atoms with Crippen molar-refractivity contribution in [1.82, 2.24) is 5.43 Å². The van der Waals surface area contributed by atoms with Gasteiger partial charge in [-0.2, -0.15) is 0 Å². The summed E-state index contributed by atoms with van der Waals surface area (Å²) in [5.74, 6) is -1.08. The molecule has 2 aliphatic rings. The molecule has 1 aliphatic heterocycles. The monoisotopic (exact) mass is 284 g/mol. The van der Waals surface area contributed by atoms with Crippen LogP contribution in [0.5, 0.6) is 5.75 Å². The number of nitrogens with one attached hydrogen (secondary N) is 1. The first kappa shape index (κ1) is 12.7. The predicted molar refractivity (Wildman–Crippen MR) is 69.4 cm³/mol. The maximum atomic E-state index is 13.9. The lowest BCUT2D eigenvalue weighted by Gasteiger charge is -2.21. The number of benzene rings is 1. The Morgan fingerprint density at radius 3 is 2.84 bits per heavy atom. The van der Waals surface area contributed by atoms with Crippen molar-refractivity contribution in [2.45, 2.75) is 31.7 Å². The highest BCUT2D eigenvalue weighted by Gasteiger charge is 2.42. The second-order valence-electron chi connectivity index (χ2n) is 5.06. The predicted octanol–water partition coefficient (Wildman–Crippen LogP) is 2.59. The van der Waals surface area contributed by atoms with Crippen LogP contribution in [0.25, 0.3) is 0 Å². The van der Waals surface area contributed by atoms with E-state index in [2.05, 4.69) is 5.43 Å². The Bertz CT molecular complexity index is 538. The first-order chi connectivity index (χ1) is 9.08. The molecule has 1 amide bonds. The summed E-state index contributed by atoms with van der Waals surface area (Å²) in [6.45, 7) is 0. The fourth-order valence-electron chi connectivity index (χ4n) is 2.86. The van der Waals surface area contributed by atoms with E-state index in [0.717, 1.165) is 31.7 Å². The molecule has 102 valence electrons. The third-order valence-corrected chi connectivity index (χ3v) is 4.16. The Hall–Kier alpha value is -1.33. The van der Waals surface area contributed by atoms with Gasteiger partial charge >= 0.3 is 0 Å². The fourth-order valence-corrected chi connectivity index (χ4v) is 3.01. The number of nitrogens with zero attached hydrogens (tertiary/aromatic N) is 1. The SMILES string of the molecule is O=C1C2CCCCC2NN1c1cc(O)c(Cl)cc1F. The molecular formula is C13H14ClFN2O2. The standard InChI is InChI=1S/C13H14ClFN2O2/c14-8-5-9(15)11(6-12(8)18)17-13(19)7-3-1-2-4-10(7)16-17/h5-7,10,16,18H,1-4H2. The fraction of sp³-hybridized carbons (Fsp3) is 0.462. The average molecular weight is 285 g/mol. The highest BCUT2D eigenvalue weighted by atomic mass is 35.5. The number of carbonyl (C=O) groups is 1. The molecule has 0 radical (unpaired) electrons. The summed E-state index contributed by atoms with van der Waals surface area (Å²) in [6, 6.07) is 2.27. The van der Waals surface area contributed by atoms with Crippen LogP contribution >= 0.6 is 11.6 Å². The van der Waals surface area contributed by atoms with Crippen molar-refractivity contribution < 1.29 is 14.3 Å². The molecule has 1 saturated carbocycles. The Kier molecular flexibility index (Phi) is 3.11. The summed E-state index contributed by atoms with van der Waals surface area (Å²) < 4.78 is 13.9. The second kappa shape index (κ2) is 4.65. The number of hydrogen-bond donors (Lipinski definition) is 2. The molecule has 2 atom stereocenters. The maximum Gasteiger partial charge on any atom is 0.246 e. The molecule has 1 heterocycles. The van der Waals surface area contributed by atoms with Gasteiger partial charge in [-0.1, -0.05) is 24.4 Å². The van der Waals surface area contributed by atoms with Crippen molar-refractivity contribution in [3.05, 3.63) is 23.0 Å². The zero-order chi connectivity index (χ0) is 13.6. The van der Waals surface area contributed by atoms with Crippen LogP contribution in [0, 0.1) is 11.7 Å². The van der Waals surface area contributed by atoms with E-state index in [0.29, 0.717) is 0 Å². The normalized spacial score (nSPS) is 26.6. The zero-order valence-electron chi connectivity index (χ0n) is 10.2. The highest BCUT2D eigenvalue weighted by molar-refractivity contribution is 6.32. The van der Waals surface area contributed by atoms with E-state index in [-0.39, 0.29) is 34.3 Å². The Morgan fingerprint density at radius 1 is 1.37 bits per heavy atom. The van der Waals surface area contributed by atoms with Crippen molar-refractivity contribution in [3.63, 3.8) is 0 Å². The molecule has 2 unspecified atom stereocenters. The summed E-state index contributed by atoms with van der Waals surface area (Å²) in [4.78, 5) is 12.3. The maximum absolute atomic E-state index is 13.9. The number of aromatic hydroxyl groups is 1. The Morgan fingerprint density at radius 2 is 2.11 bits per heavy atom. The molecule has 2 N–H and O–H groups in total. The van der Waals surface area contributed by atoms with Crippen LogP contribution in [0.4, 0.5) is 10.1 Å². The number of phenolic OH excluding ortho intramolecular Hbond substituents is 1. The minimum absolute atomic E-state index is 0.0290. The van der Waals surface area contributed by atoms with Crippen LogP contribution in [0.2, 0.25) is 5.02 Å². The summed E-state index contributed by atoms with van der Waals surface area (Å²) in [6.07, 6.45) is 3.84. The Labute approximate surface area is 115 Å². The van der Waals surface area contributed by atoms with E-state index in [1.54, 1.807) is 0 Å². The summed E-state index contributed by atoms with van der Waals surface area (Å²) in [5, 5.41) is 10.7. The van der Waals surface area contributed by atoms with Gasteiger partial charge in [-0.3, -0.25) is 4.79 Å². The number of halogens is 2. The molecule has 4 nitrogen and oxygen atoms in total. The zero-order valence-corrected chi connectivity index (χ0v) is 11.0. The van der Waals surface area contributed by atoms with E-state index in [1.165, 1.54) is 11.1 Å². The van der Waals surface area contributed by atoms with Gasteiger partial charge in [0.15, 0.2) is 0 Å². The van der Waals surface area contributed by atoms with Gasteiger partial charge in [0.1, 0.15) is 17.3 Å². The van der Waals surface area contributed by atoms with E-state index < -0.39 is 5.82 Å². The third kappa shape index (κ3) is 2.07. The first-order valence-electron chi connectivity index (χ1n) is 6.36. The average Bonchev–Trinajstić information content (AvgIpc) is 2.72. The molecule has 0 aromatic heterocycles. The molecule has 0 bridgehead atoms. The van der Waals surface area contributed by atoms with Crippen molar-refractivity contribution in [2.24, 2.45) is 5.92 Å². The van der Waals surface area contributed by atoms with Gasteiger partial charge in [0.05, 0.1) is 10.9 Å². The van der Waals surface area contributed by atoms with Gasteiger partial charge < -0.3 is 5.11 Å². The van der Waals surface area contributed by atoms with E-state index >= 15 is 0 Å². The van der Waals surface area contributed by atoms with Crippen LogP contribution in [0.3, 0.4) is 0 Å². The van der Waals surface area contributed by atoms with Crippen LogP contribution in [0.15, 0.2) is 12.1 Å². The lowest BCUT2D eigenvalue weighted by molar-refractivity contribution is -0.121.